The van der Waals surface area contributed by atoms with Crippen molar-refractivity contribution in [2.24, 2.45) is 0 Å². The third-order valence-electron chi connectivity index (χ3n) is 4.48. The van der Waals surface area contributed by atoms with Gasteiger partial charge in [0.1, 0.15) is 0 Å². The van der Waals surface area contributed by atoms with Gasteiger partial charge in [0.2, 0.25) is 5.91 Å². The summed E-state index contributed by atoms with van der Waals surface area (Å²) in [6, 6.07) is 8.25. The standard InChI is InChI=1S/C17H25N3O/c21-17(16-6-2-3-11-18-16)19-14-7-9-15(10-8-14)20-12-4-1-5-13-20/h7-10,16,18H,1-6,11-13H2,(H,19,21)/t16-/m1/s1. The van der Waals surface area contributed by atoms with Gasteiger partial charge in [-0.1, -0.05) is 6.42 Å². The number of benzene rings is 1. The van der Waals surface area contributed by atoms with Crippen LogP contribution in [0.15, 0.2) is 24.3 Å². The van der Waals surface area contributed by atoms with E-state index < -0.39 is 0 Å². The molecular formula is C17H25N3O. The van der Waals surface area contributed by atoms with E-state index in [2.05, 4.69) is 27.7 Å². The summed E-state index contributed by atoms with van der Waals surface area (Å²) < 4.78 is 0. The van der Waals surface area contributed by atoms with Crippen molar-refractivity contribution in [1.82, 2.24) is 5.32 Å². The first-order valence-electron chi connectivity index (χ1n) is 8.22. The normalized spacial score (nSPS) is 22.9. The summed E-state index contributed by atoms with van der Waals surface area (Å²) >= 11 is 0. The number of piperidine rings is 2. The van der Waals surface area contributed by atoms with Crippen molar-refractivity contribution in [2.75, 3.05) is 29.9 Å². The average molecular weight is 287 g/mol. The third-order valence-corrected chi connectivity index (χ3v) is 4.48. The SMILES string of the molecule is O=C(Nc1ccc(N2CCCCC2)cc1)[C@H]1CCCCN1. The van der Waals surface area contributed by atoms with Crippen LogP contribution in [0.4, 0.5) is 11.4 Å². The summed E-state index contributed by atoms with van der Waals surface area (Å²) in [6.07, 6.45) is 7.17. The van der Waals surface area contributed by atoms with E-state index in [1.807, 2.05) is 12.1 Å². The van der Waals surface area contributed by atoms with Gasteiger partial charge in [-0.25, -0.2) is 0 Å². The molecule has 2 saturated heterocycles. The van der Waals surface area contributed by atoms with Crippen LogP contribution in [0.25, 0.3) is 0 Å². The summed E-state index contributed by atoms with van der Waals surface area (Å²) in [4.78, 5) is 14.6. The van der Waals surface area contributed by atoms with Gasteiger partial charge in [-0.05, 0) is 62.9 Å². The monoisotopic (exact) mass is 287 g/mol. The molecule has 1 amide bonds. The molecule has 0 unspecified atom stereocenters. The van der Waals surface area contributed by atoms with Gasteiger partial charge in [-0.3, -0.25) is 4.79 Å². The Morgan fingerprint density at radius 1 is 1.05 bits per heavy atom. The summed E-state index contributed by atoms with van der Waals surface area (Å²) in [5.41, 5.74) is 2.16. The van der Waals surface area contributed by atoms with Crippen LogP contribution in [0.5, 0.6) is 0 Å². The van der Waals surface area contributed by atoms with Crippen LogP contribution in [0.2, 0.25) is 0 Å². The first-order chi connectivity index (χ1) is 10.3. The minimum atomic E-state index is -0.0273. The Morgan fingerprint density at radius 2 is 1.81 bits per heavy atom. The highest BCUT2D eigenvalue weighted by atomic mass is 16.2. The maximum Gasteiger partial charge on any atom is 0.241 e. The van der Waals surface area contributed by atoms with Crippen molar-refractivity contribution in [2.45, 2.75) is 44.6 Å². The van der Waals surface area contributed by atoms with Crippen LogP contribution in [0, 0.1) is 0 Å². The van der Waals surface area contributed by atoms with Gasteiger partial charge >= 0.3 is 0 Å². The van der Waals surface area contributed by atoms with E-state index in [0.717, 1.165) is 38.2 Å². The van der Waals surface area contributed by atoms with E-state index in [9.17, 15) is 4.79 Å². The van der Waals surface area contributed by atoms with Gasteiger partial charge < -0.3 is 15.5 Å². The molecule has 1 aromatic carbocycles. The van der Waals surface area contributed by atoms with Crippen molar-refractivity contribution in [3.05, 3.63) is 24.3 Å². The van der Waals surface area contributed by atoms with Gasteiger partial charge in [-0.15, -0.1) is 0 Å². The molecule has 4 heteroatoms. The second kappa shape index (κ2) is 6.94. The van der Waals surface area contributed by atoms with Gasteiger partial charge in [-0.2, -0.15) is 0 Å². The van der Waals surface area contributed by atoms with Crippen LogP contribution in [-0.2, 0) is 4.79 Å². The molecule has 0 spiro atoms. The van der Waals surface area contributed by atoms with Gasteiger partial charge in [0.15, 0.2) is 0 Å². The molecule has 0 aliphatic carbocycles. The molecule has 2 aliphatic rings. The van der Waals surface area contributed by atoms with Crippen LogP contribution >= 0.6 is 0 Å². The molecule has 0 radical (unpaired) electrons. The Bertz CT molecular complexity index is 459. The summed E-state index contributed by atoms with van der Waals surface area (Å²) in [6.45, 7) is 3.25. The number of rotatable bonds is 3. The lowest BCUT2D eigenvalue weighted by Gasteiger charge is -2.29. The molecule has 4 nitrogen and oxygen atoms in total. The molecule has 2 aliphatic heterocycles. The Kier molecular flexibility index (Phi) is 4.76. The lowest BCUT2D eigenvalue weighted by Crippen LogP contribution is -2.43. The van der Waals surface area contributed by atoms with E-state index in [-0.39, 0.29) is 11.9 Å². The molecule has 2 heterocycles. The molecule has 3 rings (SSSR count). The zero-order valence-electron chi connectivity index (χ0n) is 12.6. The number of amides is 1. The highest BCUT2D eigenvalue weighted by Crippen LogP contribution is 2.22. The molecule has 0 bridgehead atoms. The van der Waals surface area contributed by atoms with Crippen molar-refractivity contribution >= 4 is 17.3 Å². The number of carbonyl (C=O) groups is 1. The van der Waals surface area contributed by atoms with Crippen LogP contribution in [0.3, 0.4) is 0 Å². The topological polar surface area (TPSA) is 44.4 Å². The number of anilines is 2. The molecule has 114 valence electrons. The number of hydrogen-bond acceptors (Lipinski definition) is 3. The predicted molar refractivity (Wildman–Crippen MR) is 86.8 cm³/mol. The van der Waals surface area contributed by atoms with Gasteiger partial charge in [0.25, 0.3) is 0 Å². The highest BCUT2D eigenvalue weighted by molar-refractivity contribution is 5.95. The smallest absolute Gasteiger partial charge is 0.241 e. The van der Waals surface area contributed by atoms with E-state index in [0.29, 0.717) is 0 Å². The van der Waals surface area contributed by atoms with Crippen molar-refractivity contribution in [1.29, 1.82) is 0 Å². The van der Waals surface area contributed by atoms with Crippen molar-refractivity contribution < 1.29 is 4.79 Å². The highest BCUT2D eigenvalue weighted by Gasteiger charge is 2.20. The Labute approximate surface area is 126 Å². The second-order valence-corrected chi connectivity index (χ2v) is 6.09. The fourth-order valence-corrected chi connectivity index (χ4v) is 3.21. The first kappa shape index (κ1) is 14.4. The fourth-order valence-electron chi connectivity index (χ4n) is 3.21. The predicted octanol–water partition coefficient (Wildman–Crippen LogP) is 2.76. The minimum absolute atomic E-state index is 0.0273. The van der Waals surface area contributed by atoms with Crippen molar-refractivity contribution in [3.8, 4) is 0 Å². The molecule has 1 atom stereocenters. The molecule has 1 aromatic rings. The molecule has 2 fully saturated rings. The van der Waals surface area contributed by atoms with E-state index in [1.165, 1.54) is 31.4 Å². The molecule has 2 N–H and O–H groups in total. The largest absolute Gasteiger partial charge is 0.372 e. The van der Waals surface area contributed by atoms with Gasteiger partial charge in [0.05, 0.1) is 6.04 Å². The fraction of sp³-hybridized carbons (Fsp3) is 0.588. The zero-order valence-corrected chi connectivity index (χ0v) is 12.6. The zero-order chi connectivity index (χ0) is 14.5. The minimum Gasteiger partial charge on any atom is -0.372 e. The Balaban J connectivity index is 1.57. The van der Waals surface area contributed by atoms with Gasteiger partial charge in [0, 0.05) is 24.5 Å². The molecular weight excluding hydrogens is 262 g/mol. The number of nitrogens with one attached hydrogen (secondary N) is 2. The number of hydrogen-bond donors (Lipinski definition) is 2. The van der Waals surface area contributed by atoms with E-state index in [4.69, 9.17) is 0 Å². The quantitative estimate of drug-likeness (QED) is 0.898. The first-order valence-corrected chi connectivity index (χ1v) is 8.22. The maximum absolute atomic E-state index is 12.2. The maximum atomic E-state index is 12.2. The lowest BCUT2D eigenvalue weighted by molar-refractivity contribution is -0.118. The second-order valence-electron chi connectivity index (χ2n) is 6.09. The molecule has 0 aromatic heterocycles. The average Bonchev–Trinajstić information content (AvgIpc) is 2.57. The third kappa shape index (κ3) is 3.76. The van der Waals surface area contributed by atoms with Crippen molar-refractivity contribution in [3.63, 3.8) is 0 Å². The molecule has 21 heavy (non-hydrogen) atoms. The summed E-state index contributed by atoms with van der Waals surface area (Å²) in [7, 11) is 0. The Hall–Kier alpha value is -1.55. The Morgan fingerprint density at radius 3 is 2.48 bits per heavy atom. The lowest BCUT2D eigenvalue weighted by atomic mass is 10.0. The van der Waals surface area contributed by atoms with E-state index >= 15 is 0 Å². The number of carbonyl (C=O) groups excluding carboxylic acids is 1. The van der Waals surface area contributed by atoms with Crippen LogP contribution in [0.1, 0.15) is 38.5 Å². The molecule has 0 saturated carbocycles. The van der Waals surface area contributed by atoms with Crippen LogP contribution < -0.4 is 15.5 Å². The summed E-state index contributed by atoms with van der Waals surface area (Å²) in [5, 5.41) is 6.30. The number of nitrogens with zero attached hydrogens (tertiary/aromatic N) is 1. The summed E-state index contributed by atoms with van der Waals surface area (Å²) in [5.74, 6) is 0.0976. The van der Waals surface area contributed by atoms with E-state index in [1.54, 1.807) is 0 Å². The van der Waals surface area contributed by atoms with Crippen LogP contribution in [-0.4, -0.2) is 31.6 Å².